The molecule has 8 nitrogen and oxygen atoms in total. The fraction of sp³-hybridized carbons (Fsp3) is 0.212. The zero-order chi connectivity index (χ0) is 29.5. The maximum Gasteiger partial charge on any atom is 0.310 e. The predicted octanol–water partition coefficient (Wildman–Crippen LogP) is 5.12. The first-order chi connectivity index (χ1) is 20.4. The van der Waals surface area contributed by atoms with Crippen molar-refractivity contribution >= 4 is 57.7 Å². The third-order valence-corrected chi connectivity index (χ3v) is 7.38. The summed E-state index contributed by atoms with van der Waals surface area (Å²) in [5, 5.41) is 10.3. The van der Waals surface area contributed by atoms with E-state index in [0.717, 1.165) is 39.8 Å². The Morgan fingerprint density at radius 3 is 2.50 bits per heavy atom. The first kappa shape index (κ1) is 28.8. The molecule has 4 aromatic rings. The van der Waals surface area contributed by atoms with Crippen molar-refractivity contribution in [2.24, 2.45) is 0 Å². The zero-order valence-electron chi connectivity index (χ0n) is 23.2. The number of unbranched alkanes of at least 4 members (excludes halogenated alkanes) is 1. The van der Waals surface area contributed by atoms with E-state index in [9.17, 15) is 14.4 Å². The molecule has 5 rings (SSSR count). The van der Waals surface area contributed by atoms with E-state index in [1.165, 1.54) is 0 Å². The Morgan fingerprint density at radius 1 is 0.952 bits per heavy atom. The van der Waals surface area contributed by atoms with E-state index in [2.05, 4.69) is 20.9 Å². The third-order valence-electron chi connectivity index (χ3n) is 7.14. The third kappa shape index (κ3) is 6.78. The van der Waals surface area contributed by atoms with E-state index in [4.69, 9.17) is 11.6 Å². The molecule has 1 saturated heterocycles. The van der Waals surface area contributed by atoms with Gasteiger partial charge < -0.3 is 20.9 Å². The number of carbonyl (C=O) groups is 3. The molecule has 0 radical (unpaired) electrons. The Kier molecular flexibility index (Phi) is 9.14. The lowest BCUT2D eigenvalue weighted by molar-refractivity contribution is -0.141. The number of rotatable bonds is 10. The van der Waals surface area contributed by atoms with Crippen LogP contribution in [0.1, 0.15) is 24.0 Å². The van der Waals surface area contributed by atoms with Crippen LogP contribution in [0.5, 0.6) is 0 Å². The number of benzene rings is 3. The van der Waals surface area contributed by atoms with Crippen molar-refractivity contribution in [1.82, 2.24) is 15.6 Å². The summed E-state index contributed by atoms with van der Waals surface area (Å²) in [7, 11) is 0. The molecule has 2 atom stereocenters. The van der Waals surface area contributed by atoms with Crippen LogP contribution < -0.4 is 20.9 Å². The first-order valence-corrected chi connectivity index (χ1v) is 14.3. The van der Waals surface area contributed by atoms with Crippen molar-refractivity contribution in [3.8, 4) is 0 Å². The van der Waals surface area contributed by atoms with Gasteiger partial charge in [-0.25, -0.2) is 0 Å². The number of anilines is 2. The highest BCUT2D eigenvalue weighted by molar-refractivity contribution is 6.36. The lowest BCUT2D eigenvalue weighted by atomic mass is 9.92. The number of aryl methyl sites for hydroxylation is 1. The summed E-state index contributed by atoms with van der Waals surface area (Å²) in [6, 6.07) is 23.6. The molecule has 3 amide bonds. The Morgan fingerprint density at radius 2 is 1.71 bits per heavy atom. The number of fused-ring (bicyclic) bond motifs is 1. The second kappa shape index (κ2) is 13.3. The van der Waals surface area contributed by atoms with Crippen LogP contribution in [0.2, 0.25) is 5.02 Å². The molecule has 0 unspecified atom stereocenters. The van der Waals surface area contributed by atoms with E-state index in [1.807, 2.05) is 97.9 Å². The molecule has 1 aliphatic rings. The largest absolute Gasteiger partial charge is 0.384 e. The molecular formula is C33H32ClN5O3. The SMILES string of the molecule is Cc1ccc(N2C(=O)[C@@H](NC(=O)C(=O)NCCCCNc3ccnc4cc(Cl)ccc34)[C@H]2/C=C/c2ccccc2)cc1. The number of carbonyl (C=O) groups excluding carboxylic acids is 3. The minimum absolute atomic E-state index is 0.264. The molecule has 0 spiro atoms. The first-order valence-electron chi connectivity index (χ1n) is 13.9. The van der Waals surface area contributed by atoms with Crippen molar-refractivity contribution in [3.05, 3.63) is 107 Å². The number of halogens is 1. The van der Waals surface area contributed by atoms with E-state index >= 15 is 0 Å². The molecule has 0 bridgehead atoms. The number of aromatic nitrogens is 1. The van der Waals surface area contributed by atoms with Gasteiger partial charge in [0.1, 0.15) is 6.04 Å². The number of amides is 3. The van der Waals surface area contributed by atoms with Crippen LogP contribution in [-0.2, 0) is 14.4 Å². The molecule has 42 heavy (non-hydrogen) atoms. The van der Waals surface area contributed by atoms with Gasteiger partial charge in [-0.2, -0.15) is 0 Å². The van der Waals surface area contributed by atoms with E-state index in [1.54, 1.807) is 11.1 Å². The Balaban J connectivity index is 1.11. The van der Waals surface area contributed by atoms with E-state index < -0.39 is 23.9 Å². The fourth-order valence-electron chi connectivity index (χ4n) is 4.87. The van der Waals surface area contributed by atoms with E-state index in [0.29, 0.717) is 24.5 Å². The highest BCUT2D eigenvalue weighted by Gasteiger charge is 2.48. The quantitative estimate of drug-likeness (QED) is 0.137. The number of β-lactam (4-membered cyclic amide) rings is 1. The number of nitrogens with one attached hydrogen (secondary N) is 3. The van der Waals surface area contributed by atoms with Crippen LogP contribution in [0.15, 0.2) is 91.1 Å². The van der Waals surface area contributed by atoms with Crippen LogP contribution in [-0.4, -0.2) is 47.9 Å². The van der Waals surface area contributed by atoms with Crippen molar-refractivity contribution < 1.29 is 14.4 Å². The molecule has 1 fully saturated rings. The van der Waals surface area contributed by atoms with E-state index in [-0.39, 0.29) is 5.91 Å². The van der Waals surface area contributed by atoms with Crippen LogP contribution in [0.4, 0.5) is 11.4 Å². The second-order valence-electron chi connectivity index (χ2n) is 10.2. The van der Waals surface area contributed by atoms with Gasteiger partial charge in [0, 0.05) is 41.1 Å². The van der Waals surface area contributed by atoms with Crippen molar-refractivity contribution in [2.75, 3.05) is 23.3 Å². The second-order valence-corrected chi connectivity index (χ2v) is 10.6. The highest BCUT2D eigenvalue weighted by Crippen LogP contribution is 2.30. The zero-order valence-corrected chi connectivity index (χ0v) is 24.0. The summed E-state index contributed by atoms with van der Waals surface area (Å²) in [5.41, 5.74) is 4.56. The summed E-state index contributed by atoms with van der Waals surface area (Å²) in [5.74, 6) is -1.85. The maximum absolute atomic E-state index is 13.1. The molecule has 0 saturated carbocycles. The van der Waals surface area contributed by atoms with Gasteiger partial charge >= 0.3 is 11.8 Å². The number of nitrogens with zero attached hydrogens (tertiary/aromatic N) is 2. The van der Waals surface area contributed by atoms with Crippen molar-refractivity contribution in [1.29, 1.82) is 0 Å². The Hall–Kier alpha value is -4.69. The van der Waals surface area contributed by atoms with Gasteiger partial charge in [0.15, 0.2) is 0 Å². The summed E-state index contributed by atoms with van der Waals surface area (Å²) >= 11 is 6.06. The monoisotopic (exact) mass is 581 g/mol. The van der Waals surface area contributed by atoms with Crippen molar-refractivity contribution in [2.45, 2.75) is 31.8 Å². The number of pyridine rings is 1. The smallest absolute Gasteiger partial charge is 0.310 e. The molecule has 2 heterocycles. The van der Waals surface area contributed by atoms with Crippen molar-refractivity contribution in [3.63, 3.8) is 0 Å². The molecule has 9 heteroatoms. The van der Waals surface area contributed by atoms with Crippen LogP contribution in [0.25, 0.3) is 17.0 Å². The molecule has 3 aromatic carbocycles. The summed E-state index contributed by atoms with van der Waals surface area (Å²) in [6.45, 7) is 3.00. The van der Waals surface area contributed by atoms with Gasteiger partial charge in [-0.05, 0) is 61.7 Å². The van der Waals surface area contributed by atoms with Gasteiger partial charge in [-0.1, -0.05) is 71.8 Å². The fourth-order valence-corrected chi connectivity index (χ4v) is 5.04. The Labute approximate surface area is 249 Å². The average Bonchev–Trinajstić information content (AvgIpc) is 3.00. The summed E-state index contributed by atoms with van der Waals surface area (Å²) in [4.78, 5) is 44.3. The molecule has 1 aromatic heterocycles. The summed E-state index contributed by atoms with van der Waals surface area (Å²) < 4.78 is 0. The maximum atomic E-state index is 13.1. The summed E-state index contributed by atoms with van der Waals surface area (Å²) in [6.07, 6.45) is 6.97. The molecule has 3 N–H and O–H groups in total. The lowest BCUT2D eigenvalue weighted by Gasteiger charge is -2.45. The predicted molar refractivity (Wildman–Crippen MR) is 167 cm³/mol. The molecule has 1 aliphatic heterocycles. The normalized spacial score (nSPS) is 16.3. The number of hydrogen-bond acceptors (Lipinski definition) is 5. The molecular weight excluding hydrogens is 550 g/mol. The molecule has 214 valence electrons. The minimum Gasteiger partial charge on any atom is -0.384 e. The van der Waals surface area contributed by atoms with Gasteiger partial charge in [0.25, 0.3) is 5.91 Å². The van der Waals surface area contributed by atoms with Crippen LogP contribution in [0, 0.1) is 6.92 Å². The van der Waals surface area contributed by atoms with Gasteiger partial charge in [0.05, 0.1) is 11.6 Å². The molecule has 0 aliphatic carbocycles. The topological polar surface area (TPSA) is 103 Å². The van der Waals surface area contributed by atoms with Gasteiger partial charge in [0.2, 0.25) is 0 Å². The standard InChI is InChI=1S/C33H32ClN5O3/c1-22-9-13-25(14-10-22)39-29(16-11-23-7-3-2-4-8-23)30(33(39)42)38-32(41)31(40)37-19-6-5-18-35-27-17-20-36-28-21-24(34)12-15-26(27)28/h2-4,7-17,20-21,29-30H,5-6,18-19H2,1H3,(H,35,36)(H,37,40)(H,38,41)/b16-11+/t29-,30+/m1/s1. The number of hydrogen-bond donors (Lipinski definition) is 3. The van der Waals surface area contributed by atoms with Crippen LogP contribution >= 0.6 is 11.6 Å². The lowest BCUT2D eigenvalue weighted by Crippen LogP contribution is -2.71. The minimum atomic E-state index is -0.834. The van der Waals surface area contributed by atoms with Crippen LogP contribution in [0.3, 0.4) is 0 Å². The van der Waals surface area contributed by atoms with Gasteiger partial charge in [-0.15, -0.1) is 0 Å². The highest BCUT2D eigenvalue weighted by atomic mass is 35.5. The average molecular weight is 582 g/mol. The Bertz CT molecular complexity index is 1610. The van der Waals surface area contributed by atoms with Gasteiger partial charge in [-0.3, -0.25) is 19.4 Å².